The van der Waals surface area contributed by atoms with E-state index in [1.54, 1.807) is 0 Å². The van der Waals surface area contributed by atoms with Crippen molar-refractivity contribution in [2.75, 3.05) is 7.11 Å². The van der Waals surface area contributed by atoms with E-state index >= 15 is 0 Å². The number of carbonyl (C=O) groups excluding carboxylic acids is 1. The van der Waals surface area contributed by atoms with Crippen molar-refractivity contribution in [3.8, 4) is 11.5 Å². The van der Waals surface area contributed by atoms with Crippen molar-refractivity contribution >= 4 is 21.9 Å². The summed E-state index contributed by atoms with van der Waals surface area (Å²) < 4.78 is 22.9. The van der Waals surface area contributed by atoms with E-state index in [0.717, 1.165) is 0 Å². The number of halogens is 2. The van der Waals surface area contributed by atoms with Gasteiger partial charge in [0.1, 0.15) is 5.82 Å². The Hall–Kier alpha value is -1.76. The molecule has 0 radical (unpaired) electrons. The van der Waals surface area contributed by atoms with Crippen molar-refractivity contribution < 1.29 is 18.3 Å². The zero-order valence-electron chi connectivity index (χ0n) is 8.61. The van der Waals surface area contributed by atoms with E-state index in [4.69, 9.17) is 4.42 Å². The Bertz CT molecular complexity index is 570. The van der Waals surface area contributed by atoms with Gasteiger partial charge in [0, 0.05) is 4.47 Å². The summed E-state index contributed by atoms with van der Waals surface area (Å²) in [4.78, 5) is 11.1. The highest BCUT2D eigenvalue weighted by atomic mass is 79.9. The lowest BCUT2D eigenvalue weighted by Gasteiger charge is -1.98. The Balaban J connectivity index is 2.40. The molecule has 17 heavy (non-hydrogen) atoms. The highest BCUT2D eigenvalue weighted by Gasteiger charge is 2.17. The van der Waals surface area contributed by atoms with Crippen molar-refractivity contribution in [2.24, 2.45) is 0 Å². The van der Waals surface area contributed by atoms with Gasteiger partial charge in [0.05, 0.1) is 12.7 Å². The molecule has 0 bridgehead atoms. The molecule has 0 atom stereocenters. The molecule has 7 heteroatoms. The van der Waals surface area contributed by atoms with Crippen molar-refractivity contribution in [1.82, 2.24) is 10.2 Å². The number of nitrogens with zero attached hydrogens (tertiary/aromatic N) is 2. The lowest BCUT2D eigenvalue weighted by molar-refractivity contribution is 0.0556. The fourth-order valence-corrected chi connectivity index (χ4v) is 1.69. The van der Waals surface area contributed by atoms with Gasteiger partial charge in [-0.3, -0.25) is 0 Å². The Morgan fingerprint density at radius 1 is 1.47 bits per heavy atom. The summed E-state index contributed by atoms with van der Waals surface area (Å²) in [5.41, 5.74) is 0.494. The first-order valence-corrected chi connectivity index (χ1v) is 5.28. The summed E-state index contributed by atoms with van der Waals surface area (Å²) in [7, 11) is 1.21. The van der Waals surface area contributed by atoms with Crippen LogP contribution < -0.4 is 0 Å². The predicted octanol–water partition coefficient (Wildman–Crippen LogP) is 2.42. The Kier molecular flexibility index (Phi) is 3.19. The molecule has 0 saturated heterocycles. The highest BCUT2D eigenvalue weighted by molar-refractivity contribution is 9.10. The largest absolute Gasteiger partial charge is 0.462 e. The monoisotopic (exact) mass is 300 g/mol. The molecule has 0 saturated carbocycles. The van der Waals surface area contributed by atoms with Crippen molar-refractivity contribution in [3.63, 3.8) is 0 Å². The summed E-state index contributed by atoms with van der Waals surface area (Å²) >= 11 is 3.16. The maximum Gasteiger partial charge on any atom is 0.396 e. The SMILES string of the molecule is COC(=O)c1nnc(-c2ccc(F)cc2Br)o1. The molecule has 0 aliphatic carbocycles. The summed E-state index contributed by atoms with van der Waals surface area (Å²) in [6.45, 7) is 0. The van der Waals surface area contributed by atoms with Crippen LogP contribution >= 0.6 is 15.9 Å². The minimum absolute atomic E-state index is 0.109. The van der Waals surface area contributed by atoms with Gasteiger partial charge in [0.2, 0.25) is 5.89 Å². The minimum atomic E-state index is -0.720. The topological polar surface area (TPSA) is 65.2 Å². The second-order valence-electron chi connectivity index (χ2n) is 3.03. The van der Waals surface area contributed by atoms with Crippen LogP contribution in [-0.4, -0.2) is 23.3 Å². The maximum absolute atomic E-state index is 12.9. The van der Waals surface area contributed by atoms with Crippen molar-refractivity contribution in [3.05, 3.63) is 34.4 Å². The first kappa shape index (κ1) is 11.7. The summed E-state index contributed by atoms with van der Waals surface area (Å²) in [6.07, 6.45) is 0. The number of aromatic nitrogens is 2. The molecule has 1 aromatic carbocycles. The molecule has 2 rings (SSSR count). The number of hydrogen-bond donors (Lipinski definition) is 0. The van der Waals surface area contributed by atoms with Crippen LogP contribution in [0.1, 0.15) is 10.7 Å². The van der Waals surface area contributed by atoms with Gasteiger partial charge in [-0.1, -0.05) is 0 Å². The number of esters is 1. The molecule has 0 spiro atoms. The van der Waals surface area contributed by atoms with Crippen LogP contribution in [0.4, 0.5) is 4.39 Å². The molecular formula is C10H6BrFN2O3. The van der Waals surface area contributed by atoms with E-state index < -0.39 is 11.8 Å². The third kappa shape index (κ3) is 2.33. The van der Waals surface area contributed by atoms with E-state index in [1.807, 2.05) is 0 Å². The Labute approximate surface area is 104 Å². The Morgan fingerprint density at radius 3 is 2.88 bits per heavy atom. The van der Waals surface area contributed by atoms with Crippen LogP contribution in [0.2, 0.25) is 0 Å². The smallest absolute Gasteiger partial charge is 0.396 e. The first-order valence-electron chi connectivity index (χ1n) is 4.49. The molecule has 1 heterocycles. The van der Waals surface area contributed by atoms with Gasteiger partial charge in [-0.2, -0.15) is 0 Å². The lowest BCUT2D eigenvalue weighted by atomic mass is 10.2. The van der Waals surface area contributed by atoms with Crippen molar-refractivity contribution in [2.45, 2.75) is 0 Å². The van der Waals surface area contributed by atoms with E-state index in [-0.39, 0.29) is 11.8 Å². The second-order valence-corrected chi connectivity index (χ2v) is 3.88. The molecule has 88 valence electrons. The number of carbonyl (C=O) groups is 1. The molecule has 0 fully saturated rings. The van der Waals surface area contributed by atoms with Crippen LogP contribution in [0, 0.1) is 5.82 Å². The molecule has 0 aliphatic heterocycles. The van der Waals surface area contributed by atoms with Gasteiger partial charge in [-0.05, 0) is 34.1 Å². The zero-order chi connectivity index (χ0) is 12.4. The molecule has 0 amide bonds. The molecule has 0 N–H and O–H groups in total. The van der Waals surface area contributed by atoms with Crippen LogP contribution in [0.5, 0.6) is 0 Å². The van der Waals surface area contributed by atoms with Crippen molar-refractivity contribution in [1.29, 1.82) is 0 Å². The summed E-state index contributed by atoms with van der Waals surface area (Å²) in [5, 5.41) is 7.20. The van der Waals surface area contributed by atoms with Crippen LogP contribution in [0.3, 0.4) is 0 Å². The average Bonchev–Trinajstić information content (AvgIpc) is 2.77. The van der Waals surface area contributed by atoms with E-state index in [2.05, 4.69) is 30.9 Å². The summed E-state index contributed by atoms with van der Waals surface area (Å²) in [5.74, 6) is -1.26. The first-order chi connectivity index (χ1) is 8.11. The van der Waals surface area contributed by atoms with Gasteiger partial charge in [0.25, 0.3) is 0 Å². The Morgan fingerprint density at radius 2 is 2.24 bits per heavy atom. The van der Waals surface area contributed by atoms with E-state index in [0.29, 0.717) is 10.0 Å². The lowest BCUT2D eigenvalue weighted by Crippen LogP contribution is -2.00. The zero-order valence-corrected chi connectivity index (χ0v) is 10.2. The normalized spacial score (nSPS) is 10.3. The highest BCUT2D eigenvalue weighted by Crippen LogP contribution is 2.27. The van der Waals surface area contributed by atoms with Crippen LogP contribution in [0.15, 0.2) is 27.1 Å². The number of ether oxygens (including phenoxy) is 1. The van der Waals surface area contributed by atoms with Gasteiger partial charge < -0.3 is 9.15 Å². The van der Waals surface area contributed by atoms with Gasteiger partial charge in [-0.15, -0.1) is 10.2 Å². The maximum atomic E-state index is 12.9. The molecule has 1 aromatic heterocycles. The number of methoxy groups -OCH3 is 1. The summed E-state index contributed by atoms with van der Waals surface area (Å²) in [6, 6.07) is 3.98. The standard InChI is InChI=1S/C10H6BrFN2O3/c1-16-10(15)9-14-13-8(17-9)6-3-2-5(12)4-7(6)11/h2-4H,1H3. The molecule has 0 unspecified atom stereocenters. The van der Waals surface area contributed by atoms with Gasteiger partial charge in [0.15, 0.2) is 0 Å². The number of benzene rings is 1. The fourth-order valence-electron chi connectivity index (χ4n) is 1.16. The molecule has 0 aliphatic rings. The molecule has 5 nitrogen and oxygen atoms in total. The minimum Gasteiger partial charge on any atom is -0.462 e. The van der Waals surface area contributed by atoms with Crippen LogP contribution in [-0.2, 0) is 4.74 Å². The quantitative estimate of drug-likeness (QED) is 0.797. The van der Waals surface area contributed by atoms with Gasteiger partial charge >= 0.3 is 11.9 Å². The number of rotatable bonds is 2. The second kappa shape index (κ2) is 4.62. The third-order valence-corrected chi connectivity index (χ3v) is 2.60. The number of hydrogen-bond acceptors (Lipinski definition) is 5. The fraction of sp³-hybridized carbons (Fsp3) is 0.100. The van der Waals surface area contributed by atoms with Crippen LogP contribution in [0.25, 0.3) is 11.5 Å². The third-order valence-electron chi connectivity index (χ3n) is 1.95. The van der Waals surface area contributed by atoms with E-state index in [1.165, 1.54) is 25.3 Å². The molecular weight excluding hydrogens is 295 g/mol. The van der Waals surface area contributed by atoms with Gasteiger partial charge in [-0.25, -0.2) is 9.18 Å². The molecule has 2 aromatic rings. The average molecular weight is 301 g/mol. The predicted molar refractivity (Wildman–Crippen MR) is 58.7 cm³/mol. The van der Waals surface area contributed by atoms with E-state index in [9.17, 15) is 9.18 Å².